The van der Waals surface area contributed by atoms with Gasteiger partial charge in [-0.05, 0) is 37.8 Å². The Morgan fingerprint density at radius 2 is 2.27 bits per heavy atom. The number of aliphatic carboxylic acids is 1. The van der Waals surface area contributed by atoms with Gasteiger partial charge in [-0.2, -0.15) is 0 Å². The first-order chi connectivity index (χ1) is 10.5. The topological polar surface area (TPSA) is 66.8 Å². The van der Waals surface area contributed by atoms with Gasteiger partial charge in [0.1, 0.15) is 0 Å². The van der Waals surface area contributed by atoms with Crippen LogP contribution in [0.15, 0.2) is 6.07 Å². The van der Waals surface area contributed by atoms with Crippen LogP contribution in [-0.2, 0) is 16.0 Å². The summed E-state index contributed by atoms with van der Waals surface area (Å²) in [6.45, 7) is 5.51. The molecular weight excluding hydrogens is 302 g/mol. The van der Waals surface area contributed by atoms with Gasteiger partial charge in [0.2, 0.25) is 0 Å². The number of nitrogens with zero attached hydrogens (tertiary/aromatic N) is 1. The molecule has 0 bridgehead atoms. The average Bonchev–Trinajstić information content (AvgIpc) is 3.11. The quantitative estimate of drug-likeness (QED) is 0.837. The molecule has 122 valence electrons. The van der Waals surface area contributed by atoms with Crippen molar-refractivity contribution in [3.05, 3.63) is 21.4 Å². The summed E-state index contributed by atoms with van der Waals surface area (Å²) in [5, 5.41) is 8.90. The van der Waals surface area contributed by atoms with E-state index in [4.69, 9.17) is 9.84 Å². The van der Waals surface area contributed by atoms with E-state index in [0.29, 0.717) is 11.4 Å². The van der Waals surface area contributed by atoms with Crippen LogP contribution in [0.4, 0.5) is 0 Å². The molecule has 22 heavy (non-hydrogen) atoms. The molecule has 0 aliphatic carbocycles. The Morgan fingerprint density at radius 3 is 2.82 bits per heavy atom. The summed E-state index contributed by atoms with van der Waals surface area (Å²) in [5.41, 5.74) is 1.18. The van der Waals surface area contributed by atoms with Crippen LogP contribution in [0.5, 0.6) is 0 Å². The first-order valence-corrected chi connectivity index (χ1v) is 8.55. The summed E-state index contributed by atoms with van der Waals surface area (Å²) in [6.07, 6.45) is 2.83. The van der Waals surface area contributed by atoms with Gasteiger partial charge in [-0.3, -0.25) is 9.59 Å². The normalized spacial score (nSPS) is 17.6. The molecule has 0 spiro atoms. The van der Waals surface area contributed by atoms with Crippen molar-refractivity contribution in [2.24, 2.45) is 0 Å². The largest absolute Gasteiger partial charge is 0.481 e. The Balaban J connectivity index is 2.10. The summed E-state index contributed by atoms with van der Waals surface area (Å²) in [7, 11) is 0. The monoisotopic (exact) mass is 325 g/mol. The number of ether oxygens (including phenoxy) is 1. The van der Waals surface area contributed by atoms with Crippen molar-refractivity contribution in [1.29, 1.82) is 0 Å². The van der Waals surface area contributed by atoms with Crippen LogP contribution in [0.2, 0.25) is 0 Å². The van der Waals surface area contributed by atoms with E-state index in [0.717, 1.165) is 30.7 Å². The van der Waals surface area contributed by atoms with Gasteiger partial charge >= 0.3 is 5.97 Å². The van der Waals surface area contributed by atoms with Crippen molar-refractivity contribution < 1.29 is 19.4 Å². The summed E-state index contributed by atoms with van der Waals surface area (Å²) < 4.78 is 5.59. The first kappa shape index (κ1) is 17.0. The highest BCUT2D eigenvalue weighted by atomic mass is 32.1. The number of aryl methyl sites for hydroxylation is 2. The number of rotatable bonds is 7. The van der Waals surface area contributed by atoms with Crippen LogP contribution in [-0.4, -0.2) is 47.7 Å². The number of carbonyl (C=O) groups excluding carboxylic acids is 1. The van der Waals surface area contributed by atoms with E-state index >= 15 is 0 Å². The van der Waals surface area contributed by atoms with E-state index in [9.17, 15) is 9.59 Å². The third-order valence-corrected chi connectivity index (χ3v) is 5.02. The second kappa shape index (κ2) is 7.74. The molecule has 6 heteroatoms. The van der Waals surface area contributed by atoms with Crippen LogP contribution in [0.25, 0.3) is 0 Å². The zero-order valence-corrected chi connectivity index (χ0v) is 13.9. The van der Waals surface area contributed by atoms with Crippen LogP contribution in [0.1, 0.15) is 46.3 Å². The van der Waals surface area contributed by atoms with Gasteiger partial charge in [0.15, 0.2) is 0 Å². The van der Waals surface area contributed by atoms with Crippen molar-refractivity contribution in [2.75, 3.05) is 19.7 Å². The fourth-order valence-corrected chi connectivity index (χ4v) is 3.75. The number of carboxylic acids is 1. The molecule has 1 unspecified atom stereocenters. The second-order valence-electron chi connectivity index (χ2n) is 5.58. The van der Waals surface area contributed by atoms with Crippen molar-refractivity contribution in [3.8, 4) is 0 Å². The maximum absolute atomic E-state index is 12.7. The molecule has 0 radical (unpaired) electrons. The fraction of sp³-hybridized carbons (Fsp3) is 0.625. The highest BCUT2D eigenvalue weighted by Crippen LogP contribution is 2.24. The Labute approximate surface area is 134 Å². The number of amides is 1. The summed E-state index contributed by atoms with van der Waals surface area (Å²) in [6, 6.07) is 1.94. The standard InChI is InChI=1S/C16H23NO4S/c1-3-12-9-14(22-11(12)2)16(20)17(7-6-15(18)19)10-13-5-4-8-21-13/h9,13H,3-8,10H2,1-2H3,(H,18,19). The Hall–Kier alpha value is -1.40. The fourth-order valence-electron chi connectivity index (χ4n) is 2.67. The summed E-state index contributed by atoms with van der Waals surface area (Å²) >= 11 is 1.49. The van der Waals surface area contributed by atoms with Gasteiger partial charge in [0.05, 0.1) is 17.4 Å². The van der Waals surface area contributed by atoms with Gasteiger partial charge in [0, 0.05) is 24.6 Å². The van der Waals surface area contributed by atoms with Crippen molar-refractivity contribution in [1.82, 2.24) is 4.90 Å². The molecule has 1 amide bonds. The lowest BCUT2D eigenvalue weighted by Gasteiger charge is -2.24. The van der Waals surface area contributed by atoms with E-state index in [2.05, 4.69) is 6.92 Å². The average molecular weight is 325 g/mol. The van der Waals surface area contributed by atoms with Crippen molar-refractivity contribution in [3.63, 3.8) is 0 Å². The minimum atomic E-state index is -0.887. The molecule has 1 fully saturated rings. The lowest BCUT2D eigenvalue weighted by atomic mass is 10.2. The molecule has 1 atom stereocenters. The third kappa shape index (κ3) is 4.30. The number of carboxylic acid groups (broad SMARTS) is 1. The zero-order valence-electron chi connectivity index (χ0n) is 13.1. The summed E-state index contributed by atoms with van der Waals surface area (Å²) in [4.78, 5) is 27.0. The van der Waals surface area contributed by atoms with Gasteiger partial charge in [-0.1, -0.05) is 6.92 Å². The van der Waals surface area contributed by atoms with Gasteiger partial charge < -0.3 is 14.7 Å². The molecule has 1 aromatic heterocycles. The smallest absolute Gasteiger partial charge is 0.305 e. The maximum Gasteiger partial charge on any atom is 0.305 e. The zero-order chi connectivity index (χ0) is 16.1. The summed E-state index contributed by atoms with van der Waals surface area (Å²) in [5.74, 6) is -0.966. The van der Waals surface area contributed by atoms with E-state index in [1.54, 1.807) is 4.90 Å². The van der Waals surface area contributed by atoms with Gasteiger partial charge in [0.25, 0.3) is 5.91 Å². The van der Waals surface area contributed by atoms with Gasteiger partial charge in [-0.15, -0.1) is 11.3 Å². The highest BCUT2D eigenvalue weighted by molar-refractivity contribution is 7.14. The molecule has 2 rings (SSSR count). The molecular formula is C16H23NO4S. The molecule has 1 aromatic rings. The third-order valence-electron chi connectivity index (χ3n) is 3.94. The Bertz CT molecular complexity index is 534. The minimum Gasteiger partial charge on any atom is -0.481 e. The molecule has 0 saturated carbocycles. The maximum atomic E-state index is 12.7. The highest BCUT2D eigenvalue weighted by Gasteiger charge is 2.25. The molecule has 1 saturated heterocycles. The van der Waals surface area contributed by atoms with Crippen LogP contribution in [0, 0.1) is 6.92 Å². The van der Waals surface area contributed by atoms with Crippen LogP contribution in [0.3, 0.4) is 0 Å². The van der Waals surface area contributed by atoms with Gasteiger partial charge in [-0.25, -0.2) is 0 Å². The molecule has 1 N–H and O–H groups in total. The van der Waals surface area contributed by atoms with Crippen LogP contribution >= 0.6 is 11.3 Å². The molecule has 5 nitrogen and oxygen atoms in total. The number of thiophene rings is 1. The second-order valence-corrected chi connectivity index (χ2v) is 6.83. The van der Waals surface area contributed by atoms with E-state index in [1.165, 1.54) is 16.9 Å². The number of carbonyl (C=O) groups is 2. The molecule has 1 aliphatic heterocycles. The number of hydrogen-bond acceptors (Lipinski definition) is 4. The number of hydrogen-bond donors (Lipinski definition) is 1. The Morgan fingerprint density at radius 1 is 1.50 bits per heavy atom. The SMILES string of the molecule is CCc1cc(C(=O)N(CCC(=O)O)CC2CCCO2)sc1C. The lowest BCUT2D eigenvalue weighted by molar-refractivity contribution is -0.137. The van der Waals surface area contributed by atoms with Crippen molar-refractivity contribution in [2.45, 2.75) is 45.6 Å². The predicted octanol–water partition coefficient (Wildman–Crippen LogP) is 2.71. The van der Waals surface area contributed by atoms with E-state index in [-0.39, 0.29) is 25.0 Å². The predicted molar refractivity (Wildman–Crippen MR) is 85.6 cm³/mol. The van der Waals surface area contributed by atoms with Crippen molar-refractivity contribution >= 4 is 23.2 Å². The molecule has 2 heterocycles. The first-order valence-electron chi connectivity index (χ1n) is 7.73. The molecule has 1 aliphatic rings. The lowest BCUT2D eigenvalue weighted by Crippen LogP contribution is -2.38. The minimum absolute atomic E-state index is 0.0319. The van der Waals surface area contributed by atoms with E-state index < -0.39 is 5.97 Å². The van der Waals surface area contributed by atoms with Crippen LogP contribution < -0.4 is 0 Å². The van der Waals surface area contributed by atoms with E-state index in [1.807, 2.05) is 13.0 Å². The molecule has 0 aromatic carbocycles. The Kier molecular flexibility index (Phi) is 5.97.